The van der Waals surface area contributed by atoms with Gasteiger partial charge in [-0.15, -0.1) is 0 Å². The monoisotopic (exact) mass is 516 g/mol. The highest BCUT2D eigenvalue weighted by molar-refractivity contribution is 5.72. The first-order valence-electron chi connectivity index (χ1n) is 13.5. The lowest BCUT2D eigenvalue weighted by Crippen LogP contribution is -2.29. The molecule has 6 heteroatoms. The number of hydrogen-bond acceptors (Lipinski definition) is 5. The molecule has 5 nitrogen and oxygen atoms in total. The molecule has 3 aromatic carbocycles. The van der Waals surface area contributed by atoms with Gasteiger partial charge in [0.15, 0.2) is 0 Å². The number of piperidine rings is 1. The van der Waals surface area contributed by atoms with E-state index in [1.165, 1.54) is 36.0 Å². The summed E-state index contributed by atoms with van der Waals surface area (Å²) in [4.78, 5) is 2.49. The predicted molar refractivity (Wildman–Crippen MR) is 148 cm³/mol. The lowest BCUT2D eigenvalue weighted by Gasteiger charge is -2.29. The van der Waals surface area contributed by atoms with E-state index >= 15 is 0 Å². The Bertz CT molecular complexity index is 1230. The summed E-state index contributed by atoms with van der Waals surface area (Å²) in [5, 5.41) is 17.0. The zero-order valence-corrected chi connectivity index (χ0v) is 22.2. The maximum absolute atomic E-state index is 13.1. The van der Waals surface area contributed by atoms with Gasteiger partial charge in [-0.1, -0.05) is 55.0 Å². The summed E-state index contributed by atoms with van der Waals surface area (Å²) in [6, 6.07) is 20.2. The molecule has 1 fully saturated rings. The van der Waals surface area contributed by atoms with Gasteiger partial charge in [0, 0.05) is 30.8 Å². The Morgan fingerprint density at radius 3 is 2.39 bits per heavy atom. The van der Waals surface area contributed by atoms with Crippen LogP contribution in [-0.2, 0) is 26.0 Å². The van der Waals surface area contributed by atoms with Crippen LogP contribution in [0.3, 0.4) is 0 Å². The summed E-state index contributed by atoms with van der Waals surface area (Å²) in [6.07, 6.45) is 6.80. The van der Waals surface area contributed by atoms with Crippen molar-refractivity contribution in [2.24, 2.45) is 0 Å². The normalized spacial score (nSPS) is 14.7. The number of ether oxygens (including phenoxy) is 2. The van der Waals surface area contributed by atoms with Gasteiger partial charge in [-0.2, -0.15) is 5.26 Å². The van der Waals surface area contributed by atoms with Gasteiger partial charge < -0.3 is 14.6 Å². The molecule has 3 aromatic rings. The molecule has 1 saturated heterocycles. The Hall–Kier alpha value is -3.40. The SMILES string of the molecule is CO.N#Cc1c(COc2cc(OCCF)c(CN3CCCCC3)c3c2CCC3)cccc1-c1ccccc1. The zero-order chi connectivity index (χ0) is 26.7. The molecular formula is C32H37FN2O3. The van der Waals surface area contributed by atoms with E-state index in [1.54, 1.807) is 0 Å². The molecule has 1 aliphatic heterocycles. The van der Waals surface area contributed by atoms with E-state index in [0.717, 1.165) is 74.2 Å². The van der Waals surface area contributed by atoms with Gasteiger partial charge in [0.2, 0.25) is 0 Å². The molecule has 0 atom stereocenters. The third-order valence-corrected chi connectivity index (χ3v) is 7.33. The van der Waals surface area contributed by atoms with Gasteiger partial charge in [-0.25, -0.2) is 4.39 Å². The number of rotatable bonds is 9. The van der Waals surface area contributed by atoms with Crippen LogP contribution in [0.2, 0.25) is 0 Å². The molecule has 0 unspecified atom stereocenters. The van der Waals surface area contributed by atoms with Crippen LogP contribution in [0, 0.1) is 11.3 Å². The van der Waals surface area contributed by atoms with Crippen LogP contribution < -0.4 is 9.47 Å². The van der Waals surface area contributed by atoms with Crippen molar-refractivity contribution in [1.29, 1.82) is 5.26 Å². The average Bonchev–Trinajstić information content (AvgIpc) is 3.48. The van der Waals surface area contributed by atoms with E-state index in [2.05, 4.69) is 11.0 Å². The summed E-state index contributed by atoms with van der Waals surface area (Å²) in [5.74, 6) is 1.54. The largest absolute Gasteiger partial charge is 0.490 e. The first-order valence-corrected chi connectivity index (χ1v) is 13.5. The van der Waals surface area contributed by atoms with Crippen LogP contribution in [0.5, 0.6) is 11.5 Å². The number of alkyl halides is 1. The van der Waals surface area contributed by atoms with Crippen LogP contribution in [0.15, 0.2) is 54.6 Å². The third-order valence-electron chi connectivity index (χ3n) is 7.33. The predicted octanol–water partition coefficient (Wildman–Crippen LogP) is 6.24. The van der Waals surface area contributed by atoms with Gasteiger partial charge in [-0.3, -0.25) is 4.90 Å². The molecule has 2 aliphatic rings. The molecule has 1 heterocycles. The Balaban J connectivity index is 0.00000164. The van der Waals surface area contributed by atoms with E-state index in [0.29, 0.717) is 12.2 Å². The zero-order valence-electron chi connectivity index (χ0n) is 22.2. The molecule has 38 heavy (non-hydrogen) atoms. The molecule has 0 saturated carbocycles. The highest BCUT2D eigenvalue weighted by Crippen LogP contribution is 2.40. The summed E-state index contributed by atoms with van der Waals surface area (Å²) in [6.45, 7) is 2.87. The van der Waals surface area contributed by atoms with Crippen LogP contribution in [0.4, 0.5) is 4.39 Å². The van der Waals surface area contributed by atoms with Crippen LogP contribution >= 0.6 is 0 Å². The molecule has 0 bridgehead atoms. The smallest absolute Gasteiger partial charge is 0.127 e. The molecule has 1 aliphatic carbocycles. The van der Waals surface area contributed by atoms with Gasteiger partial charge in [-0.05, 0) is 67.4 Å². The third kappa shape index (κ3) is 6.35. The van der Waals surface area contributed by atoms with E-state index in [1.807, 2.05) is 54.6 Å². The number of aliphatic hydroxyl groups is 1. The average molecular weight is 517 g/mol. The number of halogens is 1. The summed E-state index contributed by atoms with van der Waals surface area (Å²) < 4.78 is 25.4. The van der Waals surface area contributed by atoms with Crippen molar-refractivity contribution in [1.82, 2.24) is 4.90 Å². The van der Waals surface area contributed by atoms with Crippen molar-refractivity contribution >= 4 is 0 Å². The first kappa shape index (κ1) is 27.6. The second kappa shape index (κ2) is 13.9. The Morgan fingerprint density at radius 2 is 1.66 bits per heavy atom. The fraction of sp³-hybridized carbons (Fsp3) is 0.406. The lowest BCUT2D eigenvalue weighted by molar-refractivity contribution is 0.212. The highest BCUT2D eigenvalue weighted by Gasteiger charge is 2.26. The van der Waals surface area contributed by atoms with Crippen LogP contribution in [0.1, 0.15) is 53.5 Å². The van der Waals surface area contributed by atoms with Crippen LogP contribution in [-0.4, -0.2) is 43.5 Å². The fourth-order valence-electron chi connectivity index (χ4n) is 5.58. The van der Waals surface area contributed by atoms with Crippen molar-refractivity contribution in [2.45, 2.75) is 51.7 Å². The van der Waals surface area contributed by atoms with Crippen LogP contribution in [0.25, 0.3) is 11.1 Å². The number of nitriles is 1. The maximum atomic E-state index is 13.1. The quantitative estimate of drug-likeness (QED) is 0.365. The number of nitrogens with zero attached hydrogens (tertiary/aromatic N) is 2. The van der Waals surface area contributed by atoms with E-state index in [9.17, 15) is 9.65 Å². The number of benzene rings is 3. The standard InChI is InChI=1S/C31H33FN2O2.CH4O/c32-15-18-35-31-19-30(27-14-8-13-26(27)29(31)21-34-16-5-2-6-17-34)36-22-24-11-7-12-25(28(24)20-33)23-9-3-1-4-10-23;1-2/h1,3-4,7,9-12,19H,2,5-6,8,13-18,21-22H2;2H,1H3. The molecule has 0 aromatic heterocycles. The summed E-state index contributed by atoms with van der Waals surface area (Å²) in [7, 11) is 1.00. The Labute approximate surface area is 225 Å². The lowest BCUT2D eigenvalue weighted by atomic mass is 9.96. The van der Waals surface area contributed by atoms with Crippen molar-refractivity contribution in [3.8, 4) is 28.7 Å². The van der Waals surface area contributed by atoms with Gasteiger partial charge >= 0.3 is 0 Å². The fourth-order valence-corrected chi connectivity index (χ4v) is 5.58. The van der Waals surface area contributed by atoms with Gasteiger partial charge in [0.1, 0.15) is 37.5 Å². The second-order valence-electron chi connectivity index (χ2n) is 9.64. The molecule has 200 valence electrons. The number of aliphatic hydroxyl groups excluding tert-OH is 1. The minimum Gasteiger partial charge on any atom is -0.490 e. The number of hydrogen-bond donors (Lipinski definition) is 1. The molecule has 0 amide bonds. The summed E-state index contributed by atoms with van der Waals surface area (Å²) >= 11 is 0. The van der Waals surface area contributed by atoms with E-state index < -0.39 is 6.67 Å². The maximum Gasteiger partial charge on any atom is 0.127 e. The second-order valence-corrected chi connectivity index (χ2v) is 9.64. The Morgan fingerprint density at radius 1 is 0.895 bits per heavy atom. The minimum absolute atomic E-state index is 0.0446. The Kier molecular flexibility index (Phi) is 10.1. The molecule has 0 spiro atoms. The number of likely N-dealkylation sites (tertiary alicyclic amines) is 1. The summed E-state index contributed by atoms with van der Waals surface area (Å²) in [5.41, 5.74) is 7.17. The molecule has 5 rings (SSSR count). The molecule has 0 radical (unpaired) electrons. The van der Waals surface area contributed by atoms with Crippen molar-refractivity contribution in [3.05, 3.63) is 82.4 Å². The van der Waals surface area contributed by atoms with Crippen molar-refractivity contribution in [2.75, 3.05) is 33.5 Å². The molecular weight excluding hydrogens is 479 g/mol. The minimum atomic E-state index is -0.520. The van der Waals surface area contributed by atoms with Gasteiger partial charge in [0.05, 0.1) is 5.56 Å². The van der Waals surface area contributed by atoms with Gasteiger partial charge in [0.25, 0.3) is 0 Å². The number of fused-ring (bicyclic) bond motifs is 1. The highest BCUT2D eigenvalue weighted by atomic mass is 19.1. The van der Waals surface area contributed by atoms with E-state index in [4.69, 9.17) is 14.6 Å². The molecule has 1 N–H and O–H groups in total. The van der Waals surface area contributed by atoms with Crippen molar-refractivity contribution < 1.29 is 19.0 Å². The van der Waals surface area contributed by atoms with Crippen molar-refractivity contribution in [3.63, 3.8) is 0 Å². The van der Waals surface area contributed by atoms with E-state index in [-0.39, 0.29) is 6.61 Å². The first-order chi connectivity index (χ1) is 18.8. The topological polar surface area (TPSA) is 65.7 Å².